The van der Waals surface area contributed by atoms with Crippen molar-refractivity contribution in [3.05, 3.63) is 5.82 Å². The minimum absolute atomic E-state index is 0.0411. The highest BCUT2D eigenvalue weighted by Crippen LogP contribution is 2.15. The van der Waals surface area contributed by atoms with Crippen molar-refractivity contribution in [1.82, 2.24) is 20.5 Å². The number of hydrogen-bond acceptors (Lipinski definition) is 4. The number of amides is 1. The summed E-state index contributed by atoms with van der Waals surface area (Å²) in [7, 11) is 0. The second kappa shape index (κ2) is 7.32. The summed E-state index contributed by atoms with van der Waals surface area (Å²) in [6.45, 7) is 6.95. The van der Waals surface area contributed by atoms with Gasteiger partial charge in [0.15, 0.2) is 0 Å². The summed E-state index contributed by atoms with van der Waals surface area (Å²) < 4.78 is 0. The number of unbranched alkanes of at least 4 members (excludes halogenated alkanes) is 1. The molecule has 0 bridgehead atoms. The zero-order valence-electron chi connectivity index (χ0n) is 10.6. The molecule has 0 unspecified atom stereocenters. The van der Waals surface area contributed by atoms with Crippen LogP contribution >= 0.6 is 11.8 Å². The Labute approximate surface area is 106 Å². The van der Waals surface area contributed by atoms with E-state index in [9.17, 15) is 4.79 Å². The van der Waals surface area contributed by atoms with Crippen LogP contribution in [0.25, 0.3) is 0 Å². The Balaban J connectivity index is 2.27. The average Bonchev–Trinajstić information content (AvgIpc) is 2.75. The van der Waals surface area contributed by atoms with Crippen LogP contribution in [0.4, 0.5) is 0 Å². The lowest BCUT2D eigenvalue weighted by Crippen LogP contribution is -2.26. The van der Waals surface area contributed by atoms with E-state index in [2.05, 4.69) is 27.4 Å². The van der Waals surface area contributed by atoms with Gasteiger partial charge in [-0.1, -0.05) is 39.0 Å². The number of rotatable bonds is 7. The normalized spacial score (nSPS) is 10.8. The highest BCUT2D eigenvalue weighted by atomic mass is 32.2. The average molecular weight is 256 g/mol. The Kier molecular flexibility index (Phi) is 6.04. The molecule has 2 N–H and O–H groups in total. The van der Waals surface area contributed by atoms with E-state index in [0.717, 1.165) is 25.2 Å². The van der Waals surface area contributed by atoms with Gasteiger partial charge in [-0.05, 0) is 6.42 Å². The molecular formula is C11H20N4OS. The van der Waals surface area contributed by atoms with E-state index < -0.39 is 0 Å². The molecular weight excluding hydrogens is 236 g/mol. The van der Waals surface area contributed by atoms with Crippen molar-refractivity contribution in [1.29, 1.82) is 0 Å². The Morgan fingerprint density at radius 1 is 1.53 bits per heavy atom. The van der Waals surface area contributed by atoms with Crippen LogP contribution in [-0.4, -0.2) is 33.4 Å². The van der Waals surface area contributed by atoms with E-state index in [0.29, 0.717) is 16.8 Å². The molecule has 1 amide bonds. The van der Waals surface area contributed by atoms with Crippen LogP contribution in [0.15, 0.2) is 5.16 Å². The topological polar surface area (TPSA) is 70.7 Å². The highest BCUT2D eigenvalue weighted by Gasteiger charge is 2.09. The molecule has 0 aromatic carbocycles. The van der Waals surface area contributed by atoms with Crippen LogP contribution < -0.4 is 5.32 Å². The van der Waals surface area contributed by atoms with E-state index >= 15 is 0 Å². The number of aromatic amines is 1. The second-order valence-electron chi connectivity index (χ2n) is 4.15. The molecule has 1 rings (SSSR count). The SMILES string of the molecule is CCCCNC(=O)CSc1n[nH]c(C(C)C)n1. The molecule has 1 aromatic rings. The third-order valence-corrected chi connectivity index (χ3v) is 3.06. The van der Waals surface area contributed by atoms with Gasteiger partial charge < -0.3 is 5.32 Å². The first kappa shape index (κ1) is 14.0. The maximum atomic E-state index is 11.4. The Bertz CT molecular complexity index is 351. The van der Waals surface area contributed by atoms with Gasteiger partial charge in [0, 0.05) is 12.5 Å². The summed E-state index contributed by atoms with van der Waals surface area (Å²) in [5.41, 5.74) is 0. The van der Waals surface area contributed by atoms with Crippen molar-refractivity contribution in [2.24, 2.45) is 0 Å². The molecule has 6 heteroatoms. The van der Waals surface area contributed by atoms with Crippen LogP contribution in [0.3, 0.4) is 0 Å². The quantitative estimate of drug-likeness (QED) is 0.577. The minimum Gasteiger partial charge on any atom is -0.355 e. The molecule has 0 aliphatic rings. The molecule has 0 spiro atoms. The number of nitrogens with zero attached hydrogens (tertiary/aromatic N) is 2. The lowest BCUT2D eigenvalue weighted by atomic mass is 10.2. The van der Waals surface area contributed by atoms with Gasteiger partial charge in [-0.15, -0.1) is 5.10 Å². The summed E-state index contributed by atoms with van der Waals surface area (Å²) in [6.07, 6.45) is 2.11. The molecule has 0 saturated heterocycles. The van der Waals surface area contributed by atoms with Gasteiger partial charge in [0.25, 0.3) is 0 Å². The highest BCUT2D eigenvalue weighted by molar-refractivity contribution is 7.99. The minimum atomic E-state index is 0.0411. The molecule has 0 radical (unpaired) electrons. The predicted octanol–water partition coefficient (Wildman–Crippen LogP) is 1.94. The molecule has 5 nitrogen and oxygen atoms in total. The standard InChI is InChI=1S/C11H20N4OS/c1-4-5-6-12-9(16)7-17-11-13-10(8(2)3)14-15-11/h8H,4-7H2,1-3H3,(H,12,16)(H,13,14,15). The second-order valence-corrected chi connectivity index (χ2v) is 5.09. The summed E-state index contributed by atoms with van der Waals surface area (Å²) >= 11 is 1.36. The van der Waals surface area contributed by atoms with E-state index in [4.69, 9.17) is 0 Å². The predicted molar refractivity (Wildman–Crippen MR) is 69.1 cm³/mol. The number of nitrogens with one attached hydrogen (secondary N) is 2. The van der Waals surface area contributed by atoms with Gasteiger partial charge in [-0.2, -0.15) is 0 Å². The van der Waals surface area contributed by atoms with Crippen molar-refractivity contribution in [3.8, 4) is 0 Å². The molecule has 17 heavy (non-hydrogen) atoms. The lowest BCUT2D eigenvalue weighted by Gasteiger charge is -2.01. The van der Waals surface area contributed by atoms with Crippen LogP contribution in [0.5, 0.6) is 0 Å². The van der Waals surface area contributed by atoms with Gasteiger partial charge in [-0.3, -0.25) is 9.89 Å². The maximum absolute atomic E-state index is 11.4. The van der Waals surface area contributed by atoms with Crippen LogP contribution in [0, 0.1) is 0 Å². The number of carbonyl (C=O) groups is 1. The zero-order chi connectivity index (χ0) is 12.7. The first-order chi connectivity index (χ1) is 8.13. The van der Waals surface area contributed by atoms with Gasteiger partial charge in [0.1, 0.15) is 5.82 Å². The van der Waals surface area contributed by atoms with Gasteiger partial charge in [0.2, 0.25) is 11.1 Å². The molecule has 1 aromatic heterocycles. The van der Waals surface area contributed by atoms with E-state index in [1.165, 1.54) is 11.8 Å². The van der Waals surface area contributed by atoms with Crippen LogP contribution in [0.1, 0.15) is 45.4 Å². The van der Waals surface area contributed by atoms with E-state index in [1.807, 2.05) is 13.8 Å². The number of H-pyrrole nitrogens is 1. The zero-order valence-corrected chi connectivity index (χ0v) is 11.4. The number of aromatic nitrogens is 3. The summed E-state index contributed by atoms with van der Waals surface area (Å²) in [5.74, 6) is 1.60. The van der Waals surface area contributed by atoms with E-state index in [1.54, 1.807) is 0 Å². The fourth-order valence-corrected chi connectivity index (χ4v) is 1.80. The number of hydrogen-bond donors (Lipinski definition) is 2. The maximum Gasteiger partial charge on any atom is 0.230 e. The smallest absolute Gasteiger partial charge is 0.230 e. The summed E-state index contributed by atoms with van der Waals surface area (Å²) in [6, 6.07) is 0. The van der Waals surface area contributed by atoms with E-state index in [-0.39, 0.29) is 5.91 Å². The Hall–Kier alpha value is -1.04. The molecule has 96 valence electrons. The molecule has 0 aliphatic heterocycles. The third kappa shape index (κ3) is 5.21. The third-order valence-electron chi connectivity index (χ3n) is 2.21. The number of carbonyl (C=O) groups excluding carboxylic acids is 1. The molecule has 0 aliphatic carbocycles. The lowest BCUT2D eigenvalue weighted by molar-refractivity contribution is -0.118. The van der Waals surface area contributed by atoms with Crippen molar-refractivity contribution in [2.45, 2.75) is 44.7 Å². The largest absolute Gasteiger partial charge is 0.355 e. The fourth-order valence-electron chi connectivity index (χ4n) is 1.17. The van der Waals surface area contributed by atoms with Crippen molar-refractivity contribution in [2.75, 3.05) is 12.3 Å². The van der Waals surface area contributed by atoms with Crippen molar-refractivity contribution >= 4 is 17.7 Å². The monoisotopic (exact) mass is 256 g/mol. The molecule has 0 atom stereocenters. The van der Waals surface area contributed by atoms with Crippen LogP contribution in [0.2, 0.25) is 0 Å². The van der Waals surface area contributed by atoms with Gasteiger partial charge in [-0.25, -0.2) is 4.98 Å². The first-order valence-corrected chi connectivity index (χ1v) is 6.93. The van der Waals surface area contributed by atoms with Crippen molar-refractivity contribution < 1.29 is 4.79 Å². The first-order valence-electron chi connectivity index (χ1n) is 5.95. The summed E-state index contributed by atoms with van der Waals surface area (Å²) in [5, 5.41) is 10.4. The van der Waals surface area contributed by atoms with Gasteiger partial charge >= 0.3 is 0 Å². The molecule has 0 fully saturated rings. The van der Waals surface area contributed by atoms with Gasteiger partial charge in [0.05, 0.1) is 5.75 Å². The summed E-state index contributed by atoms with van der Waals surface area (Å²) in [4.78, 5) is 15.7. The molecule has 0 saturated carbocycles. The number of thioether (sulfide) groups is 1. The fraction of sp³-hybridized carbons (Fsp3) is 0.727. The Morgan fingerprint density at radius 2 is 2.29 bits per heavy atom. The molecule has 1 heterocycles. The van der Waals surface area contributed by atoms with Crippen LogP contribution in [-0.2, 0) is 4.79 Å². The van der Waals surface area contributed by atoms with Crippen molar-refractivity contribution in [3.63, 3.8) is 0 Å². The Morgan fingerprint density at radius 3 is 2.88 bits per heavy atom.